The van der Waals surface area contributed by atoms with Gasteiger partial charge in [-0.15, -0.1) is 22.7 Å². The number of pyridine rings is 1. The van der Waals surface area contributed by atoms with E-state index in [2.05, 4.69) is 39.6 Å². The van der Waals surface area contributed by atoms with Gasteiger partial charge < -0.3 is 10.1 Å². The number of hydrogen-bond acceptors (Lipinski definition) is 6. The first kappa shape index (κ1) is 17.5. The molecule has 5 nitrogen and oxygen atoms in total. The van der Waals surface area contributed by atoms with Crippen LogP contribution in [0, 0.1) is 0 Å². The summed E-state index contributed by atoms with van der Waals surface area (Å²) in [4.78, 5) is 21.5. The second-order valence-electron chi connectivity index (χ2n) is 6.76. The number of nitrogens with one attached hydrogen (secondary N) is 1. The van der Waals surface area contributed by atoms with Crippen molar-refractivity contribution < 1.29 is 9.53 Å². The molecule has 1 N–H and O–H groups in total. The molecule has 4 aromatic rings. The summed E-state index contributed by atoms with van der Waals surface area (Å²) in [6, 6.07) is 12.4. The minimum absolute atomic E-state index is 0.0918. The molecule has 1 amide bonds. The number of amides is 1. The van der Waals surface area contributed by atoms with Crippen LogP contribution in [0.3, 0.4) is 0 Å². The van der Waals surface area contributed by atoms with Crippen LogP contribution in [0.4, 0.5) is 0 Å². The summed E-state index contributed by atoms with van der Waals surface area (Å²) in [7, 11) is 0. The fourth-order valence-electron chi connectivity index (χ4n) is 3.22. The number of carbonyl (C=O) groups is 1. The number of benzene rings is 1. The van der Waals surface area contributed by atoms with E-state index in [1.54, 1.807) is 22.7 Å². The molecule has 0 atom stereocenters. The van der Waals surface area contributed by atoms with E-state index in [0.717, 1.165) is 33.5 Å². The van der Waals surface area contributed by atoms with E-state index in [0.29, 0.717) is 18.9 Å². The molecule has 0 saturated carbocycles. The Balaban J connectivity index is 1.42. The zero-order valence-electron chi connectivity index (χ0n) is 14.9. The van der Waals surface area contributed by atoms with E-state index in [1.807, 2.05) is 28.4 Å². The van der Waals surface area contributed by atoms with E-state index in [4.69, 9.17) is 4.74 Å². The number of fused-ring (bicyclic) bond motifs is 1. The molecule has 1 saturated heterocycles. The first-order valence-electron chi connectivity index (χ1n) is 8.99. The van der Waals surface area contributed by atoms with Gasteiger partial charge in [0.2, 0.25) is 0 Å². The molecule has 0 spiro atoms. The number of nitrogens with zero attached hydrogens (tertiary/aromatic N) is 2. The van der Waals surface area contributed by atoms with Crippen molar-refractivity contribution in [2.75, 3.05) is 13.2 Å². The van der Waals surface area contributed by atoms with Crippen LogP contribution in [0.15, 0.2) is 52.7 Å². The van der Waals surface area contributed by atoms with Gasteiger partial charge in [0.05, 0.1) is 40.7 Å². The van der Waals surface area contributed by atoms with Gasteiger partial charge >= 0.3 is 0 Å². The third-order valence-electron chi connectivity index (χ3n) is 4.77. The maximum atomic E-state index is 12.6. The lowest BCUT2D eigenvalue weighted by atomic mass is 10.0. The van der Waals surface area contributed by atoms with Gasteiger partial charge in [-0.05, 0) is 35.1 Å². The van der Waals surface area contributed by atoms with E-state index in [9.17, 15) is 4.79 Å². The number of aromatic nitrogens is 2. The smallest absolute Gasteiger partial charge is 0.270 e. The SMILES string of the molecule is O=C(NC1COC1)c1cc(Cc2ccc(-c3cscn3)cc2)c2sccc2n1. The fourth-order valence-corrected chi connectivity index (χ4v) is 4.63. The lowest BCUT2D eigenvalue weighted by Crippen LogP contribution is -2.48. The van der Waals surface area contributed by atoms with Crippen molar-refractivity contribution in [1.29, 1.82) is 0 Å². The van der Waals surface area contributed by atoms with Crippen molar-refractivity contribution in [2.24, 2.45) is 0 Å². The molecule has 0 radical (unpaired) electrons. The van der Waals surface area contributed by atoms with Crippen molar-refractivity contribution in [3.8, 4) is 11.3 Å². The first-order valence-corrected chi connectivity index (χ1v) is 10.8. The molecule has 7 heteroatoms. The number of rotatable bonds is 5. The van der Waals surface area contributed by atoms with E-state index >= 15 is 0 Å². The van der Waals surface area contributed by atoms with E-state index < -0.39 is 0 Å². The number of thiazole rings is 1. The lowest BCUT2D eigenvalue weighted by molar-refractivity contribution is -0.00354. The zero-order valence-corrected chi connectivity index (χ0v) is 16.6. The molecular weight excluding hydrogens is 390 g/mol. The quantitative estimate of drug-likeness (QED) is 0.540. The van der Waals surface area contributed by atoms with Gasteiger partial charge in [-0.3, -0.25) is 4.79 Å². The Kier molecular flexibility index (Phi) is 4.64. The minimum atomic E-state index is -0.137. The normalized spacial score (nSPS) is 14.1. The molecule has 140 valence electrons. The first-order chi connectivity index (χ1) is 13.8. The summed E-state index contributed by atoms with van der Waals surface area (Å²) < 4.78 is 6.26. The second kappa shape index (κ2) is 7.43. The third kappa shape index (κ3) is 3.44. The molecular formula is C21H17N3O2S2. The molecule has 1 aromatic carbocycles. The molecule has 0 unspecified atom stereocenters. The van der Waals surface area contributed by atoms with Crippen molar-refractivity contribution >= 4 is 38.8 Å². The fraction of sp³-hybridized carbons (Fsp3) is 0.190. The average Bonchev–Trinajstić information content (AvgIpc) is 3.37. The maximum absolute atomic E-state index is 12.6. The molecule has 28 heavy (non-hydrogen) atoms. The monoisotopic (exact) mass is 407 g/mol. The molecule has 1 aliphatic rings. The summed E-state index contributed by atoms with van der Waals surface area (Å²) in [5, 5.41) is 7.04. The predicted octanol–water partition coefficient (Wildman–Crippen LogP) is 4.14. The van der Waals surface area contributed by atoms with Crippen LogP contribution in [-0.4, -0.2) is 35.1 Å². The molecule has 3 aromatic heterocycles. The standard InChI is InChI=1S/C21H17N3O2S2/c25-21(23-16-9-26-10-16)18-8-15(20-17(24-18)5-6-28-20)7-13-1-3-14(4-2-13)19-11-27-12-22-19/h1-6,8,11-12,16H,7,9-10H2,(H,23,25). The lowest BCUT2D eigenvalue weighted by Gasteiger charge is -2.26. The largest absolute Gasteiger partial charge is 0.377 e. The van der Waals surface area contributed by atoms with Gasteiger partial charge in [0.1, 0.15) is 5.69 Å². The van der Waals surface area contributed by atoms with Crippen LogP contribution in [0.2, 0.25) is 0 Å². The molecule has 0 bridgehead atoms. The number of thiophene rings is 1. The molecule has 0 aliphatic carbocycles. The third-order valence-corrected chi connectivity index (χ3v) is 6.34. The van der Waals surface area contributed by atoms with Gasteiger partial charge in [-0.25, -0.2) is 9.97 Å². The Morgan fingerprint density at radius 3 is 2.79 bits per heavy atom. The van der Waals surface area contributed by atoms with Crippen molar-refractivity contribution in [1.82, 2.24) is 15.3 Å². The number of ether oxygens (including phenoxy) is 1. The highest BCUT2D eigenvalue weighted by atomic mass is 32.1. The maximum Gasteiger partial charge on any atom is 0.270 e. The van der Waals surface area contributed by atoms with Gasteiger partial charge in [0.25, 0.3) is 5.91 Å². The predicted molar refractivity (Wildman–Crippen MR) is 112 cm³/mol. The van der Waals surface area contributed by atoms with Crippen molar-refractivity contribution in [3.63, 3.8) is 0 Å². The van der Waals surface area contributed by atoms with Crippen molar-refractivity contribution in [3.05, 3.63) is 69.5 Å². The highest BCUT2D eigenvalue weighted by molar-refractivity contribution is 7.17. The Hall–Kier alpha value is -2.61. The van der Waals surface area contributed by atoms with Crippen LogP contribution in [-0.2, 0) is 11.2 Å². The summed E-state index contributed by atoms with van der Waals surface area (Å²) in [5.74, 6) is -0.137. The summed E-state index contributed by atoms with van der Waals surface area (Å²) in [6.45, 7) is 1.15. The Labute approximate surface area is 170 Å². The summed E-state index contributed by atoms with van der Waals surface area (Å²) in [5.41, 5.74) is 7.61. The van der Waals surface area contributed by atoms with Crippen LogP contribution < -0.4 is 5.32 Å². The molecule has 5 rings (SSSR count). The topological polar surface area (TPSA) is 64.1 Å². The Morgan fingerprint density at radius 2 is 2.07 bits per heavy atom. The highest BCUT2D eigenvalue weighted by Gasteiger charge is 2.22. The van der Waals surface area contributed by atoms with Gasteiger partial charge in [-0.2, -0.15) is 0 Å². The zero-order chi connectivity index (χ0) is 18.9. The van der Waals surface area contributed by atoms with Gasteiger partial charge in [-0.1, -0.05) is 24.3 Å². The average molecular weight is 408 g/mol. The van der Waals surface area contributed by atoms with E-state index in [-0.39, 0.29) is 11.9 Å². The Morgan fingerprint density at radius 1 is 1.21 bits per heavy atom. The highest BCUT2D eigenvalue weighted by Crippen LogP contribution is 2.27. The second-order valence-corrected chi connectivity index (χ2v) is 8.39. The van der Waals surface area contributed by atoms with E-state index in [1.165, 1.54) is 5.56 Å². The number of carbonyl (C=O) groups excluding carboxylic acids is 1. The molecule has 1 fully saturated rings. The van der Waals surface area contributed by atoms with Crippen LogP contribution in [0.5, 0.6) is 0 Å². The summed E-state index contributed by atoms with van der Waals surface area (Å²) >= 11 is 3.26. The van der Waals surface area contributed by atoms with Crippen molar-refractivity contribution in [2.45, 2.75) is 12.5 Å². The molecule has 4 heterocycles. The van der Waals surface area contributed by atoms with Crippen LogP contribution >= 0.6 is 22.7 Å². The van der Waals surface area contributed by atoms with Crippen LogP contribution in [0.1, 0.15) is 21.6 Å². The van der Waals surface area contributed by atoms with Crippen LogP contribution in [0.25, 0.3) is 21.5 Å². The van der Waals surface area contributed by atoms with Gasteiger partial charge in [0, 0.05) is 10.9 Å². The molecule has 1 aliphatic heterocycles. The minimum Gasteiger partial charge on any atom is -0.377 e. The van der Waals surface area contributed by atoms with Gasteiger partial charge in [0.15, 0.2) is 0 Å². The number of hydrogen-bond donors (Lipinski definition) is 1. The summed E-state index contributed by atoms with van der Waals surface area (Å²) in [6.07, 6.45) is 0.754. The Bertz CT molecular complexity index is 1120.